The lowest BCUT2D eigenvalue weighted by molar-refractivity contribution is -0.319. The van der Waals surface area contributed by atoms with Crippen molar-refractivity contribution in [1.82, 2.24) is 0 Å². The first kappa shape index (κ1) is 35.5. The van der Waals surface area contributed by atoms with E-state index in [0.717, 1.165) is 0 Å². The Morgan fingerprint density at radius 2 is 1.38 bits per heavy atom. The molecule has 3 saturated heterocycles. The zero-order valence-corrected chi connectivity index (χ0v) is 25.7. The first-order valence-electron chi connectivity index (χ1n) is 15.0. The molecule has 262 valence electrons. The highest BCUT2D eigenvalue weighted by atomic mass is 16.8. The number of aliphatic hydroxyl groups excluding tert-OH is 7. The quantitative estimate of drug-likeness (QED) is 0.119. The van der Waals surface area contributed by atoms with Gasteiger partial charge in [-0.3, -0.25) is 0 Å². The third-order valence-corrected chi connectivity index (χ3v) is 9.03. The minimum Gasteiger partial charge on any atom is -0.504 e. The van der Waals surface area contributed by atoms with Gasteiger partial charge >= 0.3 is 0 Å². The Morgan fingerprint density at radius 3 is 1.94 bits per heavy atom. The van der Waals surface area contributed by atoms with Gasteiger partial charge in [0.05, 0.1) is 46.2 Å². The smallest absolute Gasteiger partial charge is 0.229 e. The predicted molar refractivity (Wildman–Crippen MR) is 156 cm³/mol. The summed E-state index contributed by atoms with van der Waals surface area (Å²) in [5.41, 5.74) is -0.837. The molecule has 3 aliphatic heterocycles. The molecule has 2 aromatic carbocycles. The molecular formula is C31H42O16. The van der Waals surface area contributed by atoms with Gasteiger partial charge < -0.3 is 79.1 Å². The van der Waals surface area contributed by atoms with Crippen LogP contribution in [-0.2, 0) is 18.9 Å². The van der Waals surface area contributed by atoms with Crippen molar-refractivity contribution in [2.24, 2.45) is 11.8 Å². The van der Waals surface area contributed by atoms with Gasteiger partial charge in [-0.05, 0) is 35.4 Å². The van der Waals surface area contributed by atoms with Gasteiger partial charge in [0.2, 0.25) is 6.29 Å². The summed E-state index contributed by atoms with van der Waals surface area (Å²) in [6, 6.07) is 9.44. The van der Waals surface area contributed by atoms with Crippen molar-refractivity contribution in [1.29, 1.82) is 0 Å². The van der Waals surface area contributed by atoms with Crippen molar-refractivity contribution in [3.05, 3.63) is 47.5 Å². The van der Waals surface area contributed by atoms with E-state index in [2.05, 4.69) is 0 Å². The first-order valence-corrected chi connectivity index (χ1v) is 15.0. The fourth-order valence-electron chi connectivity index (χ4n) is 6.24. The van der Waals surface area contributed by atoms with E-state index in [4.69, 9.17) is 33.2 Å². The standard InChI is InChI=1S/C31H42O16/c1-41-20-7-14(3-5-18(20)36)25-16(9-32)17(10-33)26(46-25)15-4-6-19(21(8-15)42-2)44-29-27(24(38)23(37)22(11-34)45-29)47-30-28(39)31(40,12-35)13-43-30/h3-8,16-17,22-30,32-40H,9-13H2,1-2H3. The molecule has 0 saturated carbocycles. The maximum absolute atomic E-state index is 10.9. The molecular weight excluding hydrogens is 628 g/mol. The fraction of sp³-hybridized carbons (Fsp3) is 0.613. The Balaban J connectivity index is 1.40. The Morgan fingerprint density at radius 1 is 0.766 bits per heavy atom. The van der Waals surface area contributed by atoms with E-state index >= 15 is 0 Å². The number of hydrogen-bond acceptors (Lipinski definition) is 16. The van der Waals surface area contributed by atoms with Crippen LogP contribution in [-0.4, -0.2) is 142 Å². The van der Waals surface area contributed by atoms with Gasteiger partial charge in [0, 0.05) is 25.0 Å². The van der Waals surface area contributed by atoms with Crippen molar-refractivity contribution < 1.29 is 79.1 Å². The minimum absolute atomic E-state index is 0.0640. The highest BCUT2D eigenvalue weighted by molar-refractivity contribution is 5.45. The summed E-state index contributed by atoms with van der Waals surface area (Å²) in [6.45, 7) is -2.61. The van der Waals surface area contributed by atoms with Crippen LogP contribution in [0.4, 0.5) is 0 Å². The minimum atomic E-state index is -2.02. The average Bonchev–Trinajstić information content (AvgIpc) is 3.61. The Bertz CT molecular complexity index is 1340. The molecule has 3 heterocycles. The maximum atomic E-state index is 10.9. The third kappa shape index (κ3) is 6.74. The van der Waals surface area contributed by atoms with Crippen LogP contribution in [0.2, 0.25) is 0 Å². The van der Waals surface area contributed by atoms with E-state index in [1.54, 1.807) is 24.3 Å². The highest BCUT2D eigenvalue weighted by Crippen LogP contribution is 2.51. The molecule has 47 heavy (non-hydrogen) atoms. The molecule has 0 amide bonds. The summed E-state index contributed by atoms with van der Waals surface area (Å²) in [4.78, 5) is 0. The Labute approximate surface area is 269 Å². The van der Waals surface area contributed by atoms with Crippen molar-refractivity contribution in [3.8, 4) is 23.0 Å². The molecule has 0 radical (unpaired) electrons. The second-order valence-electron chi connectivity index (χ2n) is 11.8. The number of benzene rings is 2. The summed E-state index contributed by atoms with van der Waals surface area (Å²) < 4.78 is 39.9. The molecule has 9 N–H and O–H groups in total. The first-order chi connectivity index (χ1) is 22.5. The van der Waals surface area contributed by atoms with Crippen molar-refractivity contribution in [2.75, 3.05) is 47.3 Å². The second kappa shape index (κ2) is 14.7. The number of aromatic hydroxyl groups is 1. The lowest BCUT2D eigenvalue weighted by atomic mass is 9.83. The van der Waals surface area contributed by atoms with Crippen LogP contribution in [0.5, 0.6) is 23.0 Å². The van der Waals surface area contributed by atoms with Gasteiger partial charge in [0.25, 0.3) is 0 Å². The SMILES string of the molecule is COc1cc(C2OC(c3ccc(OC4OC(CO)C(O)C(O)C4OC4OCC(O)(CO)C4O)c(OC)c3)C(CO)C2CO)ccc1O. The topological polar surface area (TPSA) is 247 Å². The van der Waals surface area contributed by atoms with E-state index < -0.39 is 92.6 Å². The van der Waals surface area contributed by atoms with Crippen LogP contribution in [0.25, 0.3) is 0 Å². The number of phenolic OH excluding ortho intramolecular Hbond substituents is 1. The summed E-state index contributed by atoms with van der Waals surface area (Å²) in [5.74, 6) is -0.666. The Kier molecular flexibility index (Phi) is 11.1. The fourth-order valence-corrected chi connectivity index (χ4v) is 6.24. The molecule has 3 fully saturated rings. The molecule has 5 rings (SSSR count). The number of phenols is 1. The molecule has 0 aliphatic carbocycles. The van der Waals surface area contributed by atoms with Gasteiger partial charge in [-0.15, -0.1) is 0 Å². The number of hydrogen-bond donors (Lipinski definition) is 9. The molecule has 16 heteroatoms. The van der Waals surface area contributed by atoms with Gasteiger partial charge in [0.15, 0.2) is 35.4 Å². The summed E-state index contributed by atoms with van der Waals surface area (Å²) in [5, 5.41) is 92.2. The number of methoxy groups -OCH3 is 2. The lowest BCUT2D eigenvalue weighted by Crippen LogP contribution is -2.62. The van der Waals surface area contributed by atoms with E-state index in [0.29, 0.717) is 11.1 Å². The number of aliphatic hydroxyl groups is 8. The molecule has 0 bridgehead atoms. The molecule has 12 unspecified atom stereocenters. The summed E-state index contributed by atoms with van der Waals surface area (Å²) in [6.07, 6.45) is -12.3. The van der Waals surface area contributed by atoms with Crippen molar-refractivity contribution in [2.45, 2.75) is 60.9 Å². The van der Waals surface area contributed by atoms with Crippen LogP contribution in [0.15, 0.2) is 36.4 Å². The Hall–Kier alpha value is -2.84. The monoisotopic (exact) mass is 670 g/mol. The van der Waals surface area contributed by atoms with Crippen LogP contribution < -0.4 is 14.2 Å². The van der Waals surface area contributed by atoms with E-state index in [9.17, 15) is 46.0 Å². The highest BCUT2D eigenvalue weighted by Gasteiger charge is 2.53. The number of rotatable bonds is 12. The van der Waals surface area contributed by atoms with E-state index in [1.807, 2.05) is 0 Å². The summed E-state index contributed by atoms with van der Waals surface area (Å²) >= 11 is 0. The molecule has 16 nitrogen and oxygen atoms in total. The normalized spacial score (nSPS) is 37.2. The van der Waals surface area contributed by atoms with Gasteiger partial charge in [0.1, 0.15) is 30.0 Å². The maximum Gasteiger partial charge on any atom is 0.229 e. The molecule has 0 aromatic heterocycles. The second-order valence-corrected chi connectivity index (χ2v) is 11.8. The molecule has 0 spiro atoms. The lowest BCUT2D eigenvalue weighted by Gasteiger charge is -2.42. The van der Waals surface area contributed by atoms with Crippen molar-refractivity contribution >= 4 is 0 Å². The van der Waals surface area contributed by atoms with E-state index in [-0.39, 0.29) is 36.2 Å². The predicted octanol–water partition coefficient (Wildman–Crippen LogP) is -1.92. The van der Waals surface area contributed by atoms with Gasteiger partial charge in [-0.25, -0.2) is 0 Å². The average molecular weight is 671 g/mol. The van der Waals surface area contributed by atoms with Crippen LogP contribution in [0.3, 0.4) is 0 Å². The number of ether oxygens (including phenoxy) is 7. The third-order valence-electron chi connectivity index (χ3n) is 9.03. The van der Waals surface area contributed by atoms with Gasteiger partial charge in [-0.2, -0.15) is 0 Å². The molecule has 3 aliphatic rings. The van der Waals surface area contributed by atoms with Crippen LogP contribution in [0, 0.1) is 11.8 Å². The zero-order valence-electron chi connectivity index (χ0n) is 25.7. The summed E-state index contributed by atoms with van der Waals surface area (Å²) in [7, 11) is 2.78. The van der Waals surface area contributed by atoms with Gasteiger partial charge in [-0.1, -0.05) is 12.1 Å². The van der Waals surface area contributed by atoms with Crippen LogP contribution in [0.1, 0.15) is 23.3 Å². The van der Waals surface area contributed by atoms with Crippen molar-refractivity contribution in [3.63, 3.8) is 0 Å². The van der Waals surface area contributed by atoms with E-state index in [1.165, 1.54) is 26.4 Å². The largest absolute Gasteiger partial charge is 0.504 e. The molecule has 2 aromatic rings. The molecule has 12 atom stereocenters. The zero-order chi connectivity index (χ0) is 34.0. The van der Waals surface area contributed by atoms with Crippen LogP contribution >= 0.6 is 0 Å².